The maximum absolute atomic E-state index is 12.9. The number of nitrogens with one attached hydrogen (secondary N) is 2. The molecule has 5 heteroatoms. The lowest BCUT2D eigenvalue weighted by atomic mass is 9.79. The maximum atomic E-state index is 12.9. The first kappa shape index (κ1) is 18.4. The summed E-state index contributed by atoms with van der Waals surface area (Å²) in [6, 6.07) is 4.08. The summed E-state index contributed by atoms with van der Waals surface area (Å²) in [5, 5.41) is 6.98. The van der Waals surface area contributed by atoms with E-state index in [0.29, 0.717) is 0 Å². The molecule has 1 atom stereocenters. The Morgan fingerprint density at radius 2 is 1.83 bits per heavy atom. The molecular formula is C18H31N3OS. The van der Waals surface area contributed by atoms with Crippen LogP contribution < -0.4 is 10.6 Å². The third-order valence-corrected chi connectivity index (χ3v) is 5.07. The van der Waals surface area contributed by atoms with Crippen molar-refractivity contribution in [3.05, 3.63) is 24.5 Å². The number of hydrogen-bond donors (Lipinski definition) is 2. The highest BCUT2D eigenvalue weighted by Gasteiger charge is 2.38. The fourth-order valence-electron chi connectivity index (χ4n) is 3.92. The van der Waals surface area contributed by atoms with Crippen LogP contribution in [-0.4, -0.2) is 39.6 Å². The van der Waals surface area contributed by atoms with Gasteiger partial charge in [0.1, 0.15) is 6.04 Å². The van der Waals surface area contributed by atoms with Gasteiger partial charge in [0.25, 0.3) is 0 Å². The predicted molar refractivity (Wildman–Crippen MR) is 98.9 cm³/mol. The van der Waals surface area contributed by atoms with Gasteiger partial charge in [0.15, 0.2) is 0 Å². The molecule has 0 bridgehead atoms. The quantitative estimate of drug-likeness (QED) is 0.838. The first-order valence-electron chi connectivity index (χ1n) is 8.43. The molecule has 130 valence electrons. The third-order valence-electron chi connectivity index (χ3n) is 4.42. The van der Waals surface area contributed by atoms with Crippen LogP contribution in [0.1, 0.15) is 53.0 Å². The molecule has 0 aromatic carbocycles. The number of hydrogen-bond acceptors (Lipinski definition) is 3. The van der Waals surface area contributed by atoms with Crippen LogP contribution in [0.15, 0.2) is 24.5 Å². The Bertz CT molecular complexity index is 494. The van der Waals surface area contributed by atoms with E-state index in [0.717, 1.165) is 25.0 Å². The molecule has 0 radical (unpaired) electrons. The zero-order valence-corrected chi connectivity index (χ0v) is 15.9. The average molecular weight is 338 g/mol. The van der Waals surface area contributed by atoms with Crippen LogP contribution in [0.5, 0.6) is 0 Å². The minimum Gasteiger partial charge on any atom is -0.351 e. The number of carbonyl (C=O) groups is 1. The summed E-state index contributed by atoms with van der Waals surface area (Å²) in [5.41, 5.74) is 0.0871. The summed E-state index contributed by atoms with van der Waals surface area (Å²) in [5.74, 6) is 1.13. The summed E-state index contributed by atoms with van der Waals surface area (Å²) in [6.07, 6.45) is 8.84. The normalized spacial score (nSPS) is 21.8. The smallest absolute Gasteiger partial charge is 0.243 e. The molecule has 2 N–H and O–H groups in total. The first-order chi connectivity index (χ1) is 10.7. The average Bonchev–Trinajstić information content (AvgIpc) is 2.89. The number of piperidine rings is 1. The zero-order chi connectivity index (χ0) is 17.1. The highest BCUT2D eigenvalue weighted by Crippen LogP contribution is 2.29. The number of aromatic nitrogens is 1. The lowest BCUT2D eigenvalue weighted by Crippen LogP contribution is -2.62. The molecule has 1 amide bonds. The van der Waals surface area contributed by atoms with Crippen molar-refractivity contribution in [2.45, 2.75) is 70.1 Å². The standard InChI is InChI=1S/C18H31N3OS/c1-17(2)12-14(13-18(3,4)20-17)19-16(22)15(8-11-23-5)21-9-6-7-10-21/h6-7,9-10,14-15,20H,8,11-13H2,1-5H3,(H,19,22). The molecule has 1 aliphatic heterocycles. The number of nitrogens with zero attached hydrogens (tertiary/aromatic N) is 1. The van der Waals surface area contributed by atoms with Crippen molar-refractivity contribution >= 4 is 17.7 Å². The molecule has 1 aromatic rings. The second kappa shape index (κ2) is 7.31. The van der Waals surface area contributed by atoms with Gasteiger partial charge < -0.3 is 15.2 Å². The summed E-state index contributed by atoms with van der Waals surface area (Å²) in [6.45, 7) is 8.85. The summed E-state index contributed by atoms with van der Waals surface area (Å²) in [7, 11) is 0. The van der Waals surface area contributed by atoms with Crippen LogP contribution in [0.25, 0.3) is 0 Å². The van der Waals surface area contributed by atoms with E-state index in [2.05, 4.69) is 44.6 Å². The molecular weight excluding hydrogens is 306 g/mol. The van der Waals surface area contributed by atoms with E-state index >= 15 is 0 Å². The number of carbonyl (C=O) groups excluding carboxylic acids is 1. The number of rotatable bonds is 6. The minimum atomic E-state index is -0.112. The maximum Gasteiger partial charge on any atom is 0.243 e. The third kappa shape index (κ3) is 5.28. The lowest BCUT2D eigenvalue weighted by molar-refractivity contribution is -0.125. The van der Waals surface area contributed by atoms with E-state index in [1.54, 1.807) is 11.8 Å². The van der Waals surface area contributed by atoms with Crippen LogP contribution in [-0.2, 0) is 4.79 Å². The molecule has 2 heterocycles. The van der Waals surface area contributed by atoms with Crippen molar-refractivity contribution in [3.8, 4) is 0 Å². The van der Waals surface area contributed by atoms with Crippen LogP contribution >= 0.6 is 11.8 Å². The van der Waals surface area contributed by atoms with E-state index in [1.165, 1.54) is 0 Å². The second-order valence-electron chi connectivity index (χ2n) is 7.93. The molecule has 2 rings (SSSR count). The van der Waals surface area contributed by atoms with Gasteiger partial charge in [0, 0.05) is 29.5 Å². The Morgan fingerprint density at radius 3 is 2.35 bits per heavy atom. The van der Waals surface area contributed by atoms with Gasteiger partial charge in [-0.3, -0.25) is 4.79 Å². The molecule has 1 saturated heterocycles. The number of thioether (sulfide) groups is 1. The molecule has 4 nitrogen and oxygen atoms in total. The minimum absolute atomic E-state index is 0.0436. The molecule has 0 spiro atoms. The largest absolute Gasteiger partial charge is 0.351 e. The second-order valence-corrected chi connectivity index (χ2v) is 8.92. The Kier molecular flexibility index (Phi) is 5.84. The van der Waals surface area contributed by atoms with E-state index in [1.807, 2.05) is 29.1 Å². The van der Waals surface area contributed by atoms with Crippen molar-refractivity contribution in [1.29, 1.82) is 0 Å². The molecule has 0 aliphatic carbocycles. The van der Waals surface area contributed by atoms with Crippen LogP contribution in [0.4, 0.5) is 0 Å². The zero-order valence-electron chi connectivity index (χ0n) is 15.1. The molecule has 1 fully saturated rings. The fraction of sp³-hybridized carbons (Fsp3) is 0.722. The number of amides is 1. The van der Waals surface area contributed by atoms with Gasteiger partial charge in [0.2, 0.25) is 5.91 Å². The van der Waals surface area contributed by atoms with Crippen molar-refractivity contribution in [2.24, 2.45) is 0 Å². The van der Waals surface area contributed by atoms with Crippen molar-refractivity contribution in [3.63, 3.8) is 0 Å². The van der Waals surface area contributed by atoms with Gasteiger partial charge in [-0.15, -0.1) is 0 Å². The van der Waals surface area contributed by atoms with Crippen molar-refractivity contribution in [1.82, 2.24) is 15.2 Å². The summed E-state index contributed by atoms with van der Waals surface area (Å²) >= 11 is 1.79. The molecule has 1 unspecified atom stereocenters. The van der Waals surface area contributed by atoms with E-state index in [-0.39, 0.29) is 29.1 Å². The van der Waals surface area contributed by atoms with Gasteiger partial charge in [-0.1, -0.05) is 0 Å². The Balaban J connectivity index is 2.06. The van der Waals surface area contributed by atoms with Crippen molar-refractivity contribution in [2.75, 3.05) is 12.0 Å². The monoisotopic (exact) mass is 337 g/mol. The molecule has 23 heavy (non-hydrogen) atoms. The highest BCUT2D eigenvalue weighted by molar-refractivity contribution is 7.98. The van der Waals surface area contributed by atoms with E-state index in [9.17, 15) is 4.79 Å². The summed E-state index contributed by atoms with van der Waals surface area (Å²) in [4.78, 5) is 12.9. The van der Waals surface area contributed by atoms with Crippen LogP contribution in [0, 0.1) is 0 Å². The van der Waals surface area contributed by atoms with Crippen LogP contribution in [0.2, 0.25) is 0 Å². The Morgan fingerprint density at radius 1 is 1.26 bits per heavy atom. The topological polar surface area (TPSA) is 46.1 Å². The van der Waals surface area contributed by atoms with E-state index in [4.69, 9.17) is 0 Å². The molecule has 1 aromatic heterocycles. The Labute approximate surface area is 144 Å². The fourth-order valence-corrected chi connectivity index (χ4v) is 4.38. The Hall–Kier alpha value is -0.940. The van der Waals surface area contributed by atoms with E-state index < -0.39 is 0 Å². The van der Waals surface area contributed by atoms with Gasteiger partial charge >= 0.3 is 0 Å². The van der Waals surface area contributed by atoms with Crippen molar-refractivity contribution < 1.29 is 4.79 Å². The molecule has 0 saturated carbocycles. The summed E-state index contributed by atoms with van der Waals surface area (Å²) < 4.78 is 2.03. The first-order valence-corrected chi connectivity index (χ1v) is 9.83. The lowest BCUT2D eigenvalue weighted by Gasteiger charge is -2.46. The predicted octanol–water partition coefficient (Wildman–Crippen LogP) is 3.21. The van der Waals surface area contributed by atoms with Crippen LogP contribution in [0.3, 0.4) is 0 Å². The van der Waals surface area contributed by atoms with Gasteiger partial charge in [-0.25, -0.2) is 0 Å². The van der Waals surface area contributed by atoms with Gasteiger partial charge in [-0.2, -0.15) is 11.8 Å². The highest BCUT2D eigenvalue weighted by atomic mass is 32.2. The van der Waals surface area contributed by atoms with Gasteiger partial charge in [0.05, 0.1) is 0 Å². The SMILES string of the molecule is CSCCC(C(=O)NC1CC(C)(C)NC(C)(C)C1)n1cccc1. The molecule has 1 aliphatic rings. The van der Waals surface area contributed by atoms with Gasteiger partial charge in [-0.05, 0) is 71.1 Å².